The van der Waals surface area contributed by atoms with E-state index in [2.05, 4.69) is 53.3 Å². The minimum Gasteiger partial charge on any atom is -0.0998 e. The van der Waals surface area contributed by atoms with E-state index in [0.717, 1.165) is 17.8 Å². The molecule has 116 valence electrons. The number of allylic oxidation sites excluding steroid dienone is 5. The van der Waals surface area contributed by atoms with Crippen LogP contribution in [0.15, 0.2) is 35.5 Å². The summed E-state index contributed by atoms with van der Waals surface area (Å²) in [7, 11) is 0. The van der Waals surface area contributed by atoms with E-state index in [-0.39, 0.29) is 1.43 Å². The lowest BCUT2D eigenvalue weighted by molar-refractivity contribution is 0.350. The fraction of sp³-hybridized carbons (Fsp3) is 0.700. The zero-order chi connectivity index (χ0) is 15.1. The predicted molar refractivity (Wildman–Crippen MR) is 94.0 cm³/mol. The van der Waals surface area contributed by atoms with E-state index in [1.807, 2.05) is 0 Å². The largest absolute Gasteiger partial charge is 0.0998 e. The molecule has 2 aliphatic carbocycles. The molecule has 0 aliphatic heterocycles. The fourth-order valence-corrected chi connectivity index (χ4v) is 3.00. The first-order chi connectivity index (χ1) is 9.40. The van der Waals surface area contributed by atoms with Gasteiger partial charge in [-0.3, -0.25) is 0 Å². The zero-order valence-electron chi connectivity index (χ0n) is 14.3. The molecule has 0 aromatic carbocycles. The second-order valence-electron chi connectivity index (χ2n) is 7.20. The summed E-state index contributed by atoms with van der Waals surface area (Å²) in [6, 6.07) is 0. The Hall–Kier alpha value is -0.780. The van der Waals surface area contributed by atoms with E-state index in [1.165, 1.54) is 44.1 Å². The number of hydrogen-bond donors (Lipinski definition) is 0. The van der Waals surface area contributed by atoms with E-state index < -0.39 is 0 Å². The molecule has 0 heterocycles. The molecular formula is C20H36. The van der Waals surface area contributed by atoms with Crippen LogP contribution in [0.1, 0.15) is 74.6 Å². The van der Waals surface area contributed by atoms with Crippen molar-refractivity contribution in [3.63, 3.8) is 0 Å². The fourth-order valence-electron chi connectivity index (χ4n) is 3.00. The Balaban J connectivity index is 0.000000364. The molecule has 0 aromatic heterocycles. The molecule has 2 unspecified atom stereocenters. The van der Waals surface area contributed by atoms with E-state index in [4.69, 9.17) is 0 Å². The van der Waals surface area contributed by atoms with Crippen molar-refractivity contribution >= 4 is 0 Å². The van der Waals surface area contributed by atoms with E-state index in [1.54, 1.807) is 11.1 Å². The molecule has 2 atom stereocenters. The molecule has 2 aliphatic rings. The molecule has 0 fully saturated rings. The van der Waals surface area contributed by atoms with Gasteiger partial charge in [-0.05, 0) is 77.0 Å². The third-order valence-corrected chi connectivity index (χ3v) is 4.96. The highest BCUT2D eigenvalue weighted by Crippen LogP contribution is 2.28. The van der Waals surface area contributed by atoms with Crippen LogP contribution in [0, 0.1) is 17.8 Å². The highest BCUT2D eigenvalue weighted by Gasteiger charge is 2.15. The first-order valence-corrected chi connectivity index (χ1v) is 8.36. The van der Waals surface area contributed by atoms with Gasteiger partial charge in [0.25, 0.3) is 0 Å². The van der Waals surface area contributed by atoms with Gasteiger partial charge < -0.3 is 0 Å². The van der Waals surface area contributed by atoms with E-state index in [0.29, 0.717) is 0 Å². The average molecular weight is 277 g/mol. The van der Waals surface area contributed by atoms with Crippen LogP contribution < -0.4 is 0 Å². The first kappa shape index (κ1) is 17.3. The molecule has 0 heteroatoms. The Bertz CT molecular complexity index is 373. The lowest BCUT2D eigenvalue weighted by Gasteiger charge is -2.23. The Morgan fingerprint density at radius 1 is 1.10 bits per heavy atom. The maximum Gasteiger partial charge on any atom is 0 e. The van der Waals surface area contributed by atoms with Crippen LogP contribution in [-0.2, 0) is 0 Å². The average Bonchev–Trinajstić information content (AvgIpc) is 2.40. The van der Waals surface area contributed by atoms with Gasteiger partial charge in [-0.1, -0.05) is 49.3 Å². The van der Waals surface area contributed by atoms with Crippen molar-refractivity contribution in [2.45, 2.75) is 73.1 Å². The predicted octanol–water partition coefficient (Wildman–Crippen LogP) is 6.94. The summed E-state index contributed by atoms with van der Waals surface area (Å²) in [5.41, 5.74) is 4.50. The molecule has 0 spiro atoms. The number of hydrogen-bond acceptors (Lipinski definition) is 0. The third-order valence-electron chi connectivity index (χ3n) is 4.96. The molecule has 0 amide bonds. The second-order valence-corrected chi connectivity index (χ2v) is 7.20. The molecule has 0 saturated heterocycles. The summed E-state index contributed by atoms with van der Waals surface area (Å²) in [4.78, 5) is 0. The van der Waals surface area contributed by atoms with Crippen molar-refractivity contribution in [3.05, 3.63) is 35.5 Å². The minimum atomic E-state index is 0. The van der Waals surface area contributed by atoms with Gasteiger partial charge in [0.2, 0.25) is 0 Å². The van der Waals surface area contributed by atoms with Gasteiger partial charge in [0.05, 0.1) is 0 Å². The Morgan fingerprint density at radius 2 is 1.65 bits per heavy atom. The molecule has 20 heavy (non-hydrogen) atoms. The first-order valence-electron chi connectivity index (χ1n) is 8.36. The van der Waals surface area contributed by atoms with Crippen molar-refractivity contribution < 1.29 is 1.43 Å². The Labute approximate surface area is 128 Å². The van der Waals surface area contributed by atoms with Crippen LogP contribution >= 0.6 is 0 Å². The Morgan fingerprint density at radius 3 is 2.00 bits per heavy atom. The Kier molecular flexibility index (Phi) is 7.34. The molecule has 0 aromatic rings. The smallest absolute Gasteiger partial charge is 0 e. The van der Waals surface area contributed by atoms with Gasteiger partial charge in [-0.2, -0.15) is 0 Å². The monoisotopic (exact) mass is 276 g/mol. The standard InChI is InChI=1S/C10H18.C10H16.H2/c2*1-8(2)10-6-4-9(3)5-7-10;/h4,8,10H,5-7H2,1-3H3;4,10H,1,5-7H2,2-3H3;1H. The van der Waals surface area contributed by atoms with Crippen LogP contribution in [0.5, 0.6) is 0 Å². The maximum atomic E-state index is 3.97. The van der Waals surface area contributed by atoms with Gasteiger partial charge in [-0.15, -0.1) is 0 Å². The molecule has 0 bridgehead atoms. The molecule has 0 saturated carbocycles. The van der Waals surface area contributed by atoms with Crippen LogP contribution in [0.3, 0.4) is 0 Å². The highest BCUT2D eigenvalue weighted by atomic mass is 14.2. The van der Waals surface area contributed by atoms with Crippen LogP contribution in [-0.4, -0.2) is 0 Å². The van der Waals surface area contributed by atoms with E-state index >= 15 is 0 Å². The van der Waals surface area contributed by atoms with Gasteiger partial charge in [0, 0.05) is 1.43 Å². The van der Waals surface area contributed by atoms with Crippen molar-refractivity contribution in [1.29, 1.82) is 0 Å². The summed E-state index contributed by atoms with van der Waals surface area (Å²) in [5.74, 6) is 2.61. The molecule has 0 radical (unpaired) electrons. The lowest BCUT2D eigenvalue weighted by Crippen LogP contribution is -2.10. The van der Waals surface area contributed by atoms with Gasteiger partial charge in [-0.25, -0.2) is 0 Å². The highest BCUT2D eigenvalue weighted by molar-refractivity contribution is 5.09. The van der Waals surface area contributed by atoms with Crippen LogP contribution in [0.2, 0.25) is 0 Å². The van der Waals surface area contributed by atoms with Crippen LogP contribution in [0.25, 0.3) is 0 Å². The SMILES string of the molecule is C=C(C)C1CC=C(C)CC1.CC1=CCC(C(C)C)CC1.[HH]. The maximum absolute atomic E-state index is 3.97. The molecule has 0 N–H and O–H groups in total. The van der Waals surface area contributed by atoms with Gasteiger partial charge in [0.1, 0.15) is 0 Å². The van der Waals surface area contributed by atoms with Crippen molar-refractivity contribution in [1.82, 2.24) is 0 Å². The minimum absolute atomic E-state index is 0. The van der Waals surface area contributed by atoms with Gasteiger partial charge >= 0.3 is 0 Å². The van der Waals surface area contributed by atoms with Crippen molar-refractivity contribution in [2.24, 2.45) is 17.8 Å². The number of rotatable bonds is 2. The molecule has 2 rings (SSSR count). The summed E-state index contributed by atoms with van der Waals surface area (Å²) in [5, 5.41) is 0. The third kappa shape index (κ3) is 6.11. The summed E-state index contributed by atoms with van der Waals surface area (Å²) >= 11 is 0. The topological polar surface area (TPSA) is 0 Å². The summed E-state index contributed by atoms with van der Waals surface area (Å²) in [6.45, 7) is 15.2. The molecular weight excluding hydrogens is 240 g/mol. The zero-order valence-corrected chi connectivity index (χ0v) is 14.3. The van der Waals surface area contributed by atoms with Crippen molar-refractivity contribution in [2.75, 3.05) is 0 Å². The summed E-state index contributed by atoms with van der Waals surface area (Å²) < 4.78 is 0. The molecule has 0 nitrogen and oxygen atoms in total. The quantitative estimate of drug-likeness (QED) is 0.479. The normalized spacial score (nSPS) is 26.3. The van der Waals surface area contributed by atoms with Crippen molar-refractivity contribution in [3.8, 4) is 0 Å². The lowest BCUT2D eigenvalue weighted by atomic mass is 9.83. The van der Waals surface area contributed by atoms with Gasteiger partial charge in [0.15, 0.2) is 0 Å². The van der Waals surface area contributed by atoms with Crippen LogP contribution in [0.4, 0.5) is 0 Å². The second kappa shape index (κ2) is 8.49. The summed E-state index contributed by atoms with van der Waals surface area (Å²) in [6.07, 6.45) is 12.7. The van der Waals surface area contributed by atoms with E-state index in [9.17, 15) is 0 Å².